The number of hydrogen-bond acceptors (Lipinski definition) is 4. The van der Waals surface area contributed by atoms with Gasteiger partial charge in [-0.3, -0.25) is 0 Å². The summed E-state index contributed by atoms with van der Waals surface area (Å²) in [7, 11) is 0. The van der Waals surface area contributed by atoms with Gasteiger partial charge in [0.15, 0.2) is 0 Å². The normalized spacial score (nSPS) is 17.1. The summed E-state index contributed by atoms with van der Waals surface area (Å²) < 4.78 is 0.883. The van der Waals surface area contributed by atoms with Gasteiger partial charge >= 0.3 is 0 Å². The number of hydrogen-bond donors (Lipinski definition) is 1. The molecule has 0 saturated heterocycles. The van der Waals surface area contributed by atoms with Gasteiger partial charge in [0, 0.05) is 25.0 Å². The topological polar surface area (TPSA) is 49.2 Å². The zero-order chi connectivity index (χ0) is 12.1. The Labute approximate surface area is 110 Å². The molecule has 1 aliphatic carbocycles. The highest BCUT2D eigenvalue weighted by molar-refractivity contribution is 9.10. The van der Waals surface area contributed by atoms with Crippen LogP contribution in [0.15, 0.2) is 16.9 Å². The molecule has 1 aliphatic rings. The third-order valence-electron chi connectivity index (χ3n) is 3.22. The van der Waals surface area contributed by atoms with Gasteiger partial charge < -0.3 is 10.0 Å². The molecule has 1 N–H and O–H groups in total. The summed E-state index contributed by atoms with van der Waals surface area (Å²) in [6, 6.07) is 0.483. The summed E-state index contributed by atoms with van der Waals surface area (Å²) >= 11 is 3.34. The van der Waals surface area contributed by atoms with Crippen LogP contribution in [0.3, 0.4) is 0 Å². The molecule has 0 spiro atoms. The molecular formula is C12H18BrN3O. The number of aliphatic hydroxyl groups is 1. The second kappa shape index (κ2) is 6.31. The van der Waals surface area contributed by atoms with Crippen LogP contribution in [0.5, 0.6) is 0 Å². The lowest BCUT2D eigenvalue weighted by Gasteiger charge is -2.33. The molecule has 2 rings (SSSR count). The molecule has 17 heavy (non-hydrogen) atoms. The van der Waals surface area contributed by atoms with E-state index < -0.39 is 0 Å². The Bertz CT molecular complexity index is 338. The maximum absolute atomic E-state index is 9.18. The summed E-state index contributed by atoms with van der Waals surface area (Å²) in [5.74, 6) is 0.731. The molecule has 0 aromatic carbocycles. The van der Waals surface area contributed by atoms with Crippen LogP contribution in [-0.4, -0.2) is 34.3 Å². The number of rotatable bonds is 4. The van der Waals surface area contributed by atoms with Crippen LogP contribution in [0.25, 0.3) is 0 Å². The van der Waals surface area contributed by atoms with Gasteiger partial charge in [-0.05, 0) is 28.8 Å². The Morgan fingerprint density at radius 3 is 2.47 bits per heavy atom. The van der Waals surface area contributed by atoms with Crippen LogP contribution >= 0.6 is 15.9 Å². The van der Waals surface area contributed by atoms with E-state index in [9.17, 15) is 5.11 Å². The molecule has 1 saturated carbocycles. The third-order valence-corrected chi connectivity index (χ3v) is 3.63. The monoisotopic (exact) mass is 299 g/mol. The fraction of sp³-hybridized carbons (Fsp3) is 0.667. The molecule has 0 amide bonds. The first-order valence-electron chi connectivity index (χ1n) is 6.16. The fourth-order valence-electron chi connectivity index (χ4n) is 2.40. The first kappa shape index (κ1) is 12.8. The summed E-state index contributed by atoms with van der Waals surface area (Å²) in [5, 5.41) is 9.18. The van der Waals surface area contributed by atoms with E-state index in [4.69, 9.17) is 0 Å². The van der Waals surface area contributed by atoms with Gasteiger partial charge in [0.25, 0.3) is 0 Å². The van der Waals surface area contributed by atoms with E-state index in [2.05, 4.69) is 30.8 Å². The Hall–Kier alpha value is -0.680. The van der Waals surface area contributed by atoms with E-state index in [1.807, 2.05) is 0 Å². The van der Waals surface area contributed by atoms with E-state index >= 15 is 0 Å². The minimum absolute atomic E-state index is 0.149. The van der Waals surface area contributed by atoms with E-state index in [-0.39, 0.29) is 6.61 Å². The van der Waals surface area contributed by atoms with E-state index in [1.54, 1.807) is 12.4 Å². The standard InChI is InChI=1S/C12H18BrN3O/c13-10-8-14-12(15-9-10)16(6-7-17)11-4-2-1-3-5-11/h8-9,11,17H,1-7H2. The van der Waals surface area contributed by atoms with Gasteiger partial charge in [0.05, 0.1) is 11.1 Å². The highest BCUT2D eigenvalue weighted by Crippen LogP contribution is 2.25. The van der Waals surface area contributed by atoms with Crippen molar-refractivity contribution in [2.45, 2.75) is 38.1 Å². The molecule has 0 bridgehead atoms. The Morgan fingerprint density at radius 2 is 1.88 bits per heavy atom. The van der Waals surface area contributed by atoms with Crippen LogP contribution in [0.1, 0.15) is 32.1 Å². The van der Waals surface area contributed by atoms with Crippen molar-refractivity contribution < 1.29 is 5.11 Å². The highest BCUT2D eigenvalue weighted by atomic mass is 79.9. The second-order valence-electron chi connectivity index (χ2n) is 4.41. The predicted octanol–water partition coefficient (Wildman–Crippen LogP) is 2.37. The van der Waals surface area contributed by atoms with E-state index in [0.717, 1.165) is 10.4 Å². The zero-order valence-corrected chi connectivity index (χ0v) is 11.4. The van der Waals surface area contributed by atoms with Gasteiger partial charge in [0.2, 0.25) is 5.95 Å². The van der Waals surface area contributed by atoms with Gasteiger partial charge in [-0.25, -0.2) is 9.97 Å². The molecular weight excluding hydrogens is 282 g/mol. The quantitative estimate of drug-likeness (QED) is 0.927. The zero-order valence-electron chi connectivity index (χ0n) is 9.85. The van der Waals surface area contributed by atoms with Crippen molar-refractivity contribution in [3.63, 3.8) is 0 Å². The minimum Gasteiger partial charge on any atom is -0.395 e. The number of nitrogens with zero attached hydrogens (tertiary/aromatic N) is 3. The van der Waals surface area contributed by atoms with Gasteiger partial charge in [-0.1, -0.05) is 19.3 Å². The fourth-order valence-corrected chi connectivity index (χ4v) is 2.60. The van der Waals surface area contributed by atoms with Gasteiger partial charge in [0.1, 0.15) is 0 Å². The molecule has 1 aromatic rings. The lowest BCUT2D eigenvalue weighted by Crippen LogP contribution is -2.39. The van der Waals surface area contributed by atoms with Crippen molar-refractivity contribution in [2.75, 3.05) is 18.1 Å². The molecule has 1 heterocycles. The molecule has 4 nitrogen and oxygen atoms in total. The maximum atomic E-state index is 9.18. The molecule has 0 aliphatic heterocycles. The van der Waals surface area contributed by atoms with Gasteiger partial charge in [-0.2, -0.15) is 0 Å². The predicted molar refractivity (Wildman–Crippen MR) is 71.0 cm³/mol. The average molecular weight is 300 g/mol. The molecule has 0 unspecified atom stereocenters. The summed E-state index contributed by atoms with van der Waals surface area (Å²) in [5.41, 5.74) is 0. The second-order valence-corrected chi connectivity index (χ2v) is 5.33. The van der Waals surface area contributed by atoms with E-state index in [1.165, 1.54) is 32.1 Å². The number of aromatic nitrogens is 2. The van der Waals surface area contributed by atoms with Crippen molar-refractivity contribution in [1.29, 1.82) is 0 Å². The van der Waals surface area contributed by atoms with Crippen LogP contribution in [0.4, 0.5) is 5.95 Å². The third kappa shape index (κ3) is 3.39. The molecule has 1 aromatic heterocycles. The van der Waals surface area contributed by atoms with Crippen LogP contribution in [0, 0.1) is 0 Å². The van der Waals surface area contributed by atoms with E-state index in [0.29, 0.717) is 12.6 Å². The molecule has 1 fully saturated rings. The molecule has 94 valence electrons. The first-order valence-corrected chi connectivity index (χ1v) is 6.95. The summed E-state index contributed by atoms with van der Waals surface area (Å²) in [6.45, 7) is 0.766. The minimum atomic E-state index is 0.149. The van der Waals surface area contributed by atoms with Crippen molar-refractivity contribution in [3.05, 3.63) is 16.9 Å². The highest BCUT2D eigenvalue weighted by Gasteiger charge is 2.22. The van der Waals surface area contributed by atoms with Crippen molar-refractivity contribution in [3.8, 4) is 0 Å². The molecule has 0 radical (unpaired) electrons. The van der Waals surface area contributed by atoms with Crippen molar-refractivity contribution in [1.82, 2.24) is 9.97 Å². The van der Waals surface area contributed by atoms with Crippen LogP contribution in [0.2, 0.25) is 0 Å². The smallest absolute Gasteiger partial charge is 0.225 e. The lowest BCUT2D eigenvalue weighted by molar-refractivity contribution is 0.288. The maximum Gasteiger partial charge on any atom is 0.225 e. The van der Waals surface area contributed by atoms with Crippen LogP contribution < -0.4 is 4.90 Å². The first-order chi connectivity index (χ1) is 8.31. The van der Waals surface area contributed by atoms with Gasteiger partial charge in [-0.15, -0.1) is 0 Å². The van der Waals surface area contributed by atoms with Crippen LogP contribution in [-0.2, 0) is 0 Å². The molecule has 0 atom stereocenters. The average Bonchev–Trinajstić information content (AvgIpc) is 2.38. The van der Waals surface area contributed by atoms with Crippen molar-refractivity contribution in [2.24, 2.45) is 0 Å². The SMILES string of the molecule is OCCN(c1ncc(Br)cn1)C1CCCCC1. The Morgan fingerprint density at radius 1 is 1.24 bits per heavy atom. The number of aliphatic hydroxyl groups excluding tert-OH is 1. The number of anilines is 1. The number of halogens is 1. The largest absolute Gasteiger partial charge is 0.395 e. The Kier molecular flexibility index (Phi) is 4.74. The van der Waals surface area contributed by atoms with Crippen molar-refractivity contribution >= 4 is 21.9 Å². The lowest BCUT2D eigenvalue weighted by atomic mass is 9.94. The summed E-state index contributed by atoms with van der Waals surface area (Å²) in [4.78, 5) is 10.8. The molecule has 5 heteroatoms. The summed E-state index contributed by atoms with van der Waals surface area (Å²) in [6.07, 6.45) is 9.74. The Balaban J connectivity index is 2.12.